The lowest BCUT2D eigenvalue weighted by Gasteiger charge is -2.39. The molecule has 0 unspecified atom stereocenters. The van der Waals surface area contributed by atoms with Gasteiger partial charge in [-0.3, -0.25) is 14.5 Å². The summed E-state index contributed by atoms with van der Waals surface area (Å²) in [6.07, 6.45) is 9.06. The zero-order chi connectivity index (χ0) is 26.2. The van der Waals surface area contributed by atoms with Gasteiger partial charge in [0.15, 0.2) is 14.1 Å². The van der Waals surface area contributed by atoms with Gasteiger partial charge in [-0.05, 0) is 90.4 Å². The van der Waals surface area contributed by atoms with E-state index in [2.05, 4.69) is 33.9 Å². The number of hydrogen-bond donors (Lipinski definition) is 0. The normalized spacial score (nSPS) is 19.6. The zero-order valence-electron chi connectivity index (χ0n) is 23.2. The van der Waals surface area contributed by atoms with Crippen molar-refractivity contribution in [3.63, 3.8) is 0 Å². The zero-order valence-corrected chi connectivity index (χ0v) is 24.2. The molecule has 7 heteroatoms. The molecule has 0 aliphatic carbocycles. The van der Waals surface area contributed by atoms with Crippen LogP contribution in [0.5, 0.6) is 0 Å². The van der Waals surface area contributed by atoms with Crippen molar-refractivity contribution in [2.24, 2.45) is 0 Å². The number of Topliss-reactive ketones (excluding diaryl/α,β-unsaturated/α-hetero) is 1. The molecule has 0 N–H and O–H groups in total. The monoisotopic (exact) mass is 495 g/mol. The molecule has 6 nitrogen and oxygen atoms in total. The van der Waals surface area contributed by atoms with Gasteiger partial charge in [-0.2, -0.15) is 0 Å². The lowest BCUT2D eigenvalue weighted by atomic mass is 10.0. The molecule has 1 heterocycles. The van der Waals surface area contributed by atoms with Crippen molar-refractivity contribution in [2.75, 3.05) is 6.61 Å². The second-order valence-corrected chi connectivity index (χ2v) is 17.0. The summed E-state index contributed by atoms with van der Waals surface area (Å²) >= 11 is 0. The summed E-state index contributed by atoms with van der Waals surface area (Å²) in [5.41, 5.74) is -0.554. The Morgan fingerprint density at radius 1 is 0.971 bits per heavy atom. The van der Waals surface area contributed by atoms with Crippen molar-refractivity contribution in [1.29, 1.82) is 0 Å². The number of hydrogen-bond acceptors (Lipinski definition) is 5. The highest BCUT2D eigenvalue weighted by molar-refractivity contribution is 6.74. The Morgan fingerprint density at radius 3 is 2.12 bits per heavy atom. The van der Waals surface area contributed by atoms with Gasteiger partial charge in [-0.25, -0.2) is 4.79 Å². The predicted molar refractivity (Wildman–Crippen MR) is 141 cm³/mol. The van der Waals surface area contributed by atoms with E-state index in [1.165, 1.54) is 6.92 Å². The number of carbonyl (C=O) groups is 3. The van der Waals surface area contributed by atoms with E-state index in [0.717, 1.165) is 38.5 Å². The van der Waals surface area contributed by atoms with E-state index in [1.807, 2.05) is 31.7 Å². The van der Waals surface area contributed by atoms with Gasteiger partial charge in [-0.1, -0.05) is 26.8 Å². The Balaban J connectivity index is 2.67. The van der Waals surface area contributed by atoms with E-state index in [4.69, 9.17) is 9.16 Å². The molecule has 2 atom stereocenters. The van der Waals surface area contributed by atoms with Crippen molar-refractivity contribution < 1.29 is 23.5 Å². The first-order chi connectivity index (χ1) is 15.5. The predicted octanol–water partition coefficient (Wildman–Crippen LogP) is 6.83. The maximum absolute atomic E-state index is 13.1. The molecular formula is C27H49NO5Si. The summed E-state index contributed by atoms with van der Waals surface area (Å²) in [4.78, 5) is 38.2. The number of likely N-dealkylation sites (tertiary alicyclic amines) is 1. The second kappa shape index (κ2) is 13.0. The van der Waals surface area contributed by atoms with Gasteiger partial charge in [-0.15, -0.1) is 0 Å². The summed E-state index contributed by atoms with van der Waals surface area (Å²) in [6.45, 7) is 18.9. The van der Waals surface area contributed by atoms with Gasteiger partial charge in [0.25, 0.3) is 0 Å². The minimum absolute atomic E-state index is 0.0118. The number of nitrogens with zero attached hydrogens (tertiary/aromatic N) is 1. The molecule has 196 valence electrons. The van der Waals surface area contributed by atoms with E-state index in [-0.39, 0.29) is 34.8 Å². The molecule has 34 heavy (non-hydrogen) atoms. The lowest BCUT2D eigenvalue weighted by Crippen LogP contribution is -2.49. The summed E-state index contributed by atoms with van der Waals surface area (Å²) < 4.78 is 12.2. The Kier molecular flexibility index (Phi) is 11.7. The molecule has 0 radical (unpaired) electrons. The van der Waals surface area contributed by atoms with Gasteiger partial charge in [0, 0.05) is 18.9 Å². The van der Waals surface area contributed by atoms with Crippen molar-refractivity contribution in [2.45, 2.75) is 136 Å². The smallest absolute Gasteiger partial charge is 0.410 e. The van der Waals surface area contributed by atoms with Crippen LogP contribution in [0.4, 0.5) is 4.79 Å². The van der Waals surface area contributed by atoms with Crippen molar-refractivity contribution in [3.8, 4) is 0 Å². The molecule has 1 amide bonds. The average Bonchev–Trinajstić information content (AvgIpc) is 3.06. The minimum atomic E-state index is -1.92. The molecule has 1 aliphatic rings. The van der Waals surface area contributed by atoms with E-state index in [1.54, 1.807) is 6.08 Å². The molecule has 1 saturated heterocycles. The standard InChI is InChI=1S/C27H49NO5Si/c1-21(29)14-11-10-12-16-24(30)17-13-15-22-18-19-23(20-32-34(8,9)27(5,6)7)28(22)25(31)33-26(2,3)4/h11,14,22-23H,10,12-13,15-20H2,1-9H3/b14-11+/t22-,23-/m0/s1. The molecule has 1 aliphatic heterocycles. The van der Waals surface area contributed by atoms with Crippen LogP contribution in [-0.4, -0.2) is 55.2 Å². The molecule has 1 fully saturated rings. The van der Waals surface area contributed by atoms with Crippen LogP contribution in [0.15, 0.2) is 12.2 Å². The number of rotatable bonds is 12. The summed E-state index contributed by atoms with van der Waals surface area (Å²) in [7, 11) is -1.92. The van der Waals surface area contributed by atoms with Gasteiger partial charge in [0.05, 0.1) is 12.6 Å². The fourth-order valence-corrected chi connectivity index (χ4v) is 4.91. The van der Waals surface area contributed by atoms with E-state index in [9.17, 15) is 14.4 Å². The maximum Gasteiger partial charge on any atom is 0.410 e. The molecule has 1 rings (SSSR count). The molecule has 0 spiro atoms. The van der Waals surface area contributed by atoms with Crippen LogP contribution in [0.1, 0.15) is 99.8 Å². The Morgan fingerprint density at radius 2 is 1.56 bits per heavy atom. The number of carbonyl (C=O) groups excluding carboxylic acids is 3. The first kappa shape index (κ1) is 30.6. The summed E-state index contributed by atoms with van der Waals surface area (Å²) in [5, 5.41) is 0.115. The van der Waals surface area contributed by atoms with Crippen LogP contribution < -0.4 is 0 Å². The van der Waals surface area contributed by atoms with Crippen molar-refractivity contribution >= 4 is 26.0 Å². The topological polar surface area (TPSA) is 72.9 Å². The van der Waals surface area contributed by atoms with Crippen LogP contribution >= 0.6 is 0 Å². The first-order valence-electron chi connectivity index (χ1n) is 12.9. The van der Waals surface area contributed by atoms with Gasteiger partial charge in [0.2, 0.25) is 0 Å². The maximum atomic E-state index is 13.1. The van der Waals surface area contributed by atoms with E-state index in [0.29, 0.717) is 19.4 Å². The summed E-state index contributed by atoms with van der Waals surface area (Å²) in [6, 6.07) is 0.0897. The van der Waals surface area contributed by atoms with Crippen LogP contribution in [0.3, 0.4) is 0 Å². The van der Waals surface area contributed by atoms with Crippen molar-refractivity contribution in [1.82, 2.24) is 4.90 Å². The highest BCUT2D eigenvalue weighted by Gasteiger charge is 2.42. The first-order valence-corrected chi connectivity index (χ1v) is 15.8. The van der Waals surface area contributed by atoms with Gasteiger partial charge < -0.3 is 9.16 Å². The highest BCUT2D eigenvalue weighted by Crippen LogP contribution is 2.38. The molecule has 0 aromatic heterocycles. The number of ether oxygens (including phenoxy) is 1. The Bertz CT molecular complexity index is 718. The van der Waals surface area contributed by atoms with Crippen molar-refractivity contribution in [3.05, 3.63) is 12.2 Å². The van der Waals surface area contributed by atoms with E-state index >= 15 is 0 Å². The van der Waals surface area contributed by atoms with Crippen LogP contribution in [0.2, 0.25) is 18.1 Å². The van der Waals surface area contributed by atoms with E-state index < -0.39 is 13.9 Å². The third-order valence-corrected chi connectivity index (χ3v) is 11.3. The van der Waals surface area contributed by atoms with Crippen LogP contribution in [-0.2, 0) is 18.8 Å². The average molecular weight is 496 g/mol. The number of amides is 1. The second-order valence-electron chi connectivity index (χ2n) is 12.2. The minimum Gasteiger partial charge on any atom is -0.444 e. The third-order valence-electron chi connectivity index (χ3n) is 6.84. The quantitative estimate of drug-likeness (QED) is 0.168. The number of ketones is 2. The molecule has 0 aromatic carbocycles. The largest absolute Gasteiger partial charge is 0.444 e. The molecule has 0 aromatic rings. The SMILES string of the molecule is CC(=O)/C=C/CCCC(=O)CCC[C@H]1CC[C@@H](CO[Si](C)(C)C(C)(C)C)N1C(=O)OC(C)(C)C. The molecule has 0 saturated carbocycles. The van der Waals surface area contributed by atoms with Crippen LogP contribution in [0.25, 0.3) is 0 Å². The summed E-state index contributed by atoms with van der Waals surface area (Å²) in [5.74, 6) is 0.279. The van der Waals surface area contributed by atoms with Gasteiger partial charge in [0.1, 0.15) is 11.4 Å². The number of unbranched alkanes of at least 4 members (excludes halogenated alkanes) is 1. The highest BCUT2D eigenvalue weighted by atomic mass is 28.4. The van der Waals surface area contributed by atoms with Crippen LogP contribution in [0, 0.1) is 0 Å². The Labute approximate surface area is 209 Å². The number of allylic oxidation sites excluding steroid dienone is 2. The Hall–Kier alpha value is -1.47. The fourth-order valence-electron chi connectivity index (χ4n) is 3.87. The lowest BCUT2D eigenvalue weighted by molar-refractivity contribution is -0.119. The molecular weight excluding hydrogens is 446 g/mol. The third kappa shape index (κ3) is 10.9. The van der Waals surface area contributed by atoms with Gasteiger partial charge >= 0.3 is 6.09 Å². The molecule has 0 bridgehead atoms. The fraction of sp³-hybridized carbons (Fsp3) is 0.815.